The Balaban J connectivity index is 1.97. The molecule has 2 atom stereocenters. The monoisotopic (exact) mass is 363 g/mol. The molecule has 0 fully saturated rings. The van der Waals surface area contributed by atoms with E-state index < -0.39 is 17.7 Å². The number of aliphatic hydroxyl groups excluding tert-OH is 1. The number of rotatable bonds is 3. The van der Waals surface area contributed by atoms with Gasteiger partial charge in [0.05, 0.1) is 5.69 Å². The minimum Gasteiger partial charge on any atom is -0.508 e. The van der Waals surface area contributed by atoms with E-state index in [2.05, 4.69) is 0 Å². The molecule has 3 aromatic rings. The first-order valence-electron chi connectivity index (χ1n) is 8.36. The molecule has 0 saturated heterocycles. The van der Waals surface area contributed by atoms with Gasteiger partial charge in [-0.05, 0) is 24.3 Å². The highest BCUT2D eigenvalue weighted by Crippen LogP contribution is 2.50. The fourth-order valence-corrected chi connectivity index (χ4v) is 3.54. The van der Waals surface area contributed by atoms with Crippen LogP contribution in [0.3, 0.4) is 0 Å². The molecule has 4 rings (SSSR count). The number of hydrogen-bond acceptors (Lipinski definition) is 5. The van der Waals surface area contributed by atoms with Crippen LogP contribution in [0.5, 0.6) is 11.5 Å². The van der Waals surface area contributed by atoms with Crippen molar-refractivity contribution < 1.29 is 25.2 Å². The highest BCUT2D eigenvalue weighted by Gasteiger charge is 2.55. The van der Waals surface area contributed by atoms with Crippen LogP contribution in [0, 0.1) is 0 Å². The lowest BCUT2D eigenvalue weighted by atomic mass is 9.90. The quantitative estimate of drug-likeness (QED) is 0.573. The van der Waals surface area contributed by atoms with E-state index in [9.17, 15) is 25.2 Å². The lowest BCUT2D eigenvalue weighted by molar-refractivity contribution is -0.0763. The number of benzene rings is 3. The van der Waals surface area contributed by atoms with Crippen molar-refractivity contribution in [3.63, 3.8) is 0 Å². The van der Waals surface area contributed by atoms with Gasteiger partial charge in [-0.25, -0.2) is 0 Å². The van der Waals surface area contributed by atoms with Gasteiger partial charge in [0.2, 0.25) is 5.72 Å². The maximum Gasteiger partial charge on any atom is 0.261 e. The number of nitrogens with zero attached hydrogens (tertiary/aromatic N) is 1. The zero-order valence-electron chi connectivity index (χ0n) is 14.1. The van der Waals surface area contributed by atoms with E-state index in [1.165, 1.54) is 30.3 Å². The summed E-state index contributed by atoms with van der Waals surface area (Å²) in [6.45, 7) is 0. The number of aliphatic hydroxyl groups is 2. The number of aromatic hydroxyl groups is 2. The summed E-state index contributed by atoms with van der Waals surface area (Å²) in [6, 6.07) is 18.5. The normalized spacial score (nSPS) is 19.8. The van der Waals surface area contributed by atoms with Crippen LogP contribution in [-0.4, -0.2) is 26.3 Å². The van der Waals surface area contributed by atoms with Gasteiger partial charge < -0.3 is 20.4 Å². The van der Waals surface area contributed by atoms with Crippen molar-refractivity contribution in [1.29, 1.82) is 0 Å². The van der Waals surface area contributed by atoms with Crippen LogP contribution in [0.2, 0.25) is 0 Å². The number of phenolic OH excluding ortho intramolecular Hbond substituents is 2. The van der Waals surface area contributed by atoms with Crippen LogP contribution < -0.4 is 4.90 Å². The first kappa shape index (κ1) is 17.1. The van der Waals surface area contributed by atoms with Crippen molar-refractivity contribution in [3.8, 4) is 11.5 Å². The molecule has 4 N–H and O–H groups in total. The molecule has 0 radical (unpaired) electrons. The van der Waals surface area contributed by atoms with Crippen LogP contribution in [0.15, 0.2) is 72.8 Å². The Labute approximate surface area is 155 Å². The van der Waals surface area contributed by atoms with Gasteiger partial charge in [-0.1, -0.05) is 48.5 Å². The van der Waals surface area contributed by atoms with Crippen LogP contribution in [0.1, 0.15) is 27.6 Å². The average Bonchev–Trinajstić information content (AvgIpc) is 2.91. The van der Waals surface area contributed by atoms with E-state index in [1.807, 2.05) is 0 Å². The minimum atomic E-state index is -2.22. The fourth-order valence-electron chi connectivity index (χ4n) is 3.54. The number of hydrogen-bond donors (Lipinski definition) is 4. The summed E-state index contributed by atoms with van der Waals surface area (Å²) in [5.74, 6) is -1.00. The molecule has 27 heavy (non-hydrogen) atoms. The van der Waals surface area contributed by atoms with Crippen molar-refractivity contribution >= 4 is 11.6 Å². The number of fused-ring (bicyclic) bond motifs is 1. The molecule has 3 aromatic carbocycles. The minimum absolute atomic E-state index is 0.0515. The largest absolute Gasteiger partial charge is 0.508 e. The Kier molecular flexibility index (Phi) is 3.87. The lowest BCUT2D eigenvalue weighted by Gasteiger charge is -2.38. The highest BCUT2D eigenvalue weighted by atomic mass is 16.4. The van der Waals surface area contributed by atoms with Gasteiger partial charge in [0.25, 0.3) is 5.91 Å². The Morgan fingerprint density at radius 1 is 0.815 bits per heavy atom. The van der Waals surface area contributed by atoms with Gasteiger partial charge in [0.1, 0.15) is 17.6 Å². The van der Waals surface area contributed by atoms with Crippen LogP contribution in [0.4, 0.5) is 5.69 Å². The molecule has 6 heteroatoms. The summed E-state index contributed by atoms with van der Waals surface area (Å²) >= 11 is 0. The summed E-state index contributed by atoms with van der Waals surface area (Å²) in [7, 11) is 0. The van der Waals surface area contributed by atoms with Gasteiger partial charge in [-0.15, -0.1) is 0 Å². The summed E-state index contributed by atoms with van der Waals surface area (Å²) in [6.07, 6.45) is -1.66. The predicted molar refractivity (Wildman–Crippen MR) is 98.3 cm³/mol. The highest BCUT2D eigenvalue weighted by molar-refractivity contribution is 6.12. The second kappa shape index (κ2) is 6.12. The Hall–Kier alpha value is -3.35. The third-order valence-corrected chi connectivity index (χ3v) is 4.83. The predicted octanol–water partition coefficient (Wildman–Crippen LogP) is 2.64. The first-order valence-corrected chi connectivity index (χ1v) is 8.36. The number of carbonyl (C=O) groups is 1. The van der Waals surface area contributed by atoms with Crippen molar-refractivity contribution in [2.75, 3.05) is 4.90 Å². The maximum absolute atomic E-state index is 13.1. The van der Waals surface area contributed by atoms with Crippen LogP contribution >= 0.6 is 0 Å². The summed E-state index contributed by atoms with van der Waals surface area (Å²) in [5.41, 5.74) is -1.71. The number of amides is 1. The third kappa shape index (κ3) is 2.38. The number of carbonyl (C=O) groups excluding carboxylic acids is 1. The topological polar surface area (TPSA) is 101 Å². The zero-order chi connectivity index (χ0) is 19.2. The molecule has 1 aliphatic heterocycles. The van der Waals surface area contributed by atoms with Gasteiger partial charge in [0.15, 0.2) is 0 Å². The van der Waals surface area contributed by atoms with Crippen molar-refractivity contribution in [2.24, 2.45) is 0 Å². The zero-order valence-corrected chi connectivity index (χ0v) is 14.1. The van der Waals surface area contributed by atoms with Gasteiger partial charge >= 0.3 is 0 Å². The SMILES string of the molecule is O=C1c2ccccc2C(O)(C(O)c2ccccc2O)N1c1ccccc1O. The molecule has 1 heterocycles. The lowest BCUT2D eigenvalue weighted by Crippen LogP contribution is -2.48. The molecule has 1 aliphatic rings. The van der Waals surface area contributed by atoms with Gasteiger partial charge in [0, 0.05) is 16.7 Å². The number of phenols is 2. The Morgan fingerprint density at radius 2 is 1.41 bits per heavy atom. The number of para-hydroxylation sites is 3. The average molecular weight is 363 g/mol. The molecular formula is C21H17NO5. The van der Waals surface area contributed by atoms with E-state index in [1.54, 1.807) is 42.5 Å². The second-order valence-corrected chi connectivity index (χ2v) is 6.36. The van der Waals surface area contributed by atoms with Crippen molar-refractivity contribution in [3.05, 3.63) is 89.5 Å². The molecular weight excluding hydrogens is 346 g/mol. The summed E-state index contributed by atoms with van der Waals surface area (Å²) in [5, 5.41) is 43.1. The van der Waals surface area contributed by atoms with E-state index in [0.717, 1.165) is 4.90 Å². The number of anilines is 1. The van der Waals surface area contributed by atoms with E-state index in [4.69, 9.17) is 0 Å². The molecule has 0 bridgehead atoms. The molecule has 1 amide bonds. The molecule has 0 saturated carbocycles. The standard InChI is InChI=1S/C21H17NO5/c23-17-11-5-2-8-14(17)19(25)21(27)15-9-3-1-7-13(15)20(26)22(21)16-10-4-6-12-18(16)24/h1-12,19,23-25,27H. The van der Waals surface area contributed by atoms with Crippen LogP contribution in [0.25, 0.3) is 0 Å². The first-order chi connectivity index (χ1) is 13.0. The van der Waals surface area contributed by atoms with Crippen molar-refractivity contribution in [1.82, 2.24) is 0 Å². The molecule has 136 valence electrons. The molecule has 6 nitrogen and oxygen atoms in total. The third-order valence-electron chi connectivity index (χ3n) is 4.83. The molecule has 2 unspecified atom stereocenters. The molecule has 0 aliphatic carbocycles. The molecule has 0 aromatic heterocycles. The van der Waals surface area contributed by atoms with E-state index in [-0.39, 0.29) is 33.9 Å². The maximum atomic E-state index is 13.1. The Bertz CT molecular complexity index is 1030. The van der Waals surface area contributed by atoms with E-state index >= 15 is 0 Å². The smallest absolute Gasteiger partial charge is 0.261 e. The van der Waals surface area contributed by atoms with Gasteiger partial charge in [-0.2, -0.15) is 0 Å². The van der Waals surface area contributed by atoms with Crippen molar-refractivity contribution in [2.45, 2.75) is 11.8 Å². The van der Waals surface area contributed by atoms with Gasteiger partial charge in [-0.3, -0.25) is 9.69 Å². The molecule has 0 spiro atoms. The summed E-state index contributed by atoms with van der Waals surface area (Å²) in [4.78, 5) is 14.0. The summed E-state index contributed by atoms with van der Waals surface area (Å²) < 4.78 is 0. The van der Waals surface area contributed by atoms with E-state index in [0.29, 0.717) is 0 Å². The fraction of sp³-hybridized carbons (Fsp3) is 0.0952. The second-order valence-electron chi connectivity index (χ2n) is 6.36. The Morgan fingerprint density at radius 3 is 2.11 bits per heavy atom. The van der Waals surface area contributed by atoms with Crippen LogP contribution in [-0.2, 0) is 5.72 Å².